The fourth-order valence-corrected chi connectivity index (χ4v) is 2.33. The molecule has 0 aliphatic heterocycles. The van der Waals surface area contributed by atoms with Gasteiger partial charge in [0.25, 0.3) is 0 Å². The molecule has 1 aliphatic carbocycles. The minimum Gasteiger partial charge on any atom is -0.384 e. The molecule has 1 aliphatic rings. The van der Waals surface area contributed by atoms with Gasteiger partial charge in [0, 0.05) is 12.5 Å². The molecule has 2 N–H and O–H groups in total. The van der Waals surface area contributed by atoms with Gasteiger partial charge in [0.2, 0.25) is 0 Å². The molecule has 0 bridgehead atoms. The molecule has 2 atom stereocenters. The number of hydrogen-bond donors (Lipinski definition) is 1. The zero-order valence-electron chi connectivity index (χ0n) is 8.57. The third-order valence-electron chi connectivity index (χ3n) is 3.27. The highest BCUT2D eigenvalue weighted by Crippen LogP contribution is 2.53. The van der Waals surface area contributed by atoms with E-state index in [1.54, 1.807) is 7.11 Å². The Labute approximate surface area is 85.1 Å². The molecule has 0 spiro atoms. The van der Waals surface area contributed by atoms with E-state index in [4.69, 9.17) is 10.5 Å². The summed E-state index contributed by atoms with van der Waals surface area (Å²) < 4.78 is 5.30. The first-order chi connectivity index (χ1) is 6.83. The van der Waals surface area contributed by atoms with Crippen molar-refractivity contribution in [3.8, 4) is 0 Å². The molecular weight excluding hydrogens is 174 g/mol. The van der Waals surface area contributed by atoms with Crippen molar-refractivity contribution in [1.29, 1.82) is 0 Å². The highest BCUT2D eigenvalue weighted by Gasteiger charge is 2.54. The van der Waals surface area contributed by atoms with Gasteiger partial charge in [-0.15, -0.1) is 0 Å². The number of hydrogen-bond acceptors (Lipinski definition) is 2. The Morgan fingerprint density at radius 2 is 2.14 bits per heavy atom. The van der Waals surface area contributed by atoms with Crippen LogP contribution in [-0.4, -0.2) is 20.3 Å². The molecule has 76 valence electrons. The van der Waals surface area contributed by atoms with Crippen LogP contribution in [0.1, 0.15) is 12.0 Å². The van der Waals surface area contributed by atoms with Crippen molar-refractivity contribution in [2.45, 2.75) is 11.8 Å². The highest BCUT2D eigenvalue weighted by molar-refractivity contribution is 5.34. The van der Waals surface area contributed by atoms with Crippen LogP contribution in [0.5, 0.6) is 0 Å². The van der Waals surface area contributed by atoms with Gasteiger partial charge in [-0.1, -0.05) is 30.3 Å². The van der Waals surface area contributed by atoms with E-state index in [0.717, 1.165) is 13.2 Å². The topological polar surface area (TPSA) is 35.2 Å². The van der Waals surface area contributed by atoms with Crippen LogP contribution in [-0.2, 0) is 10.2 Å². The largest absolute Gasteiger partial charge is 0.384 e. The first-order valence-electron chi connectivity index (χ1n) is 5.08. The molecule has 2 unspecified atom stereocenters. The summed E-state index contributed by atoms with van der Waals surface area (Å²) in [5.41, 5.74) is 7.31. The smallest absolute Gasteiger partial charge is 0.0562 e. The van der Waals surface area contributed by atoms with Crippen molar-refractivity contribution >= 4 is 0 Å². The Morgan fingerprint density at radius 3 is 2.64 bits per heavy atom. The third-order valence-corrected chi connectivity index (χ3v) is 3.27. The van der Waals surface area contributed by atoms with Crippen molar-refractivity contribution in [2.24, 2.45) is 11.7 Å². The molecule has 0 radical (unpaired) electrons. The van der Waals surface area contributed by atoms with Gasteiger partial charge < -0.3 is 10.5 Å². The number of nitrogens with two attached hydrogens (primary N) is 1. The molecule has 1 saturated carbocycles. The SMILES string of the molecule is COCC1(c2ccccc2)CC1CN. The summed E-state index contributed by atoms with van der Waals surface area (Å²) >= 11 is 0. The van der Waals surface area contributed by atoms with Crippen LogP contribution in [0.3, 0.4) is 0 Å². The Balaban J connectivity index is 2.22. The van der Waals surface area contributed by atoms with Crippen LogP contribution >= 0.6 is 0 Å². The molecule has 2 nitrogen and oxygen atoms in total. The van der Waals surface area contributed by atoms with E-state index in [2.05, 4.69) is 24.3 Å². The molecule has 1 aromatic rings. The summed E-state index contributed by atoms with van der Waals surface area (Å²) in [5, 5.41) is 0. The first-order valence-corrected chi connectivity index (χ1v) is 5.08. The zero-order valence-corrected chi connectivity index (χ0v) is 8.57. The Morgan fingerprint density at radius 1 is 1.43 bits per heavy atom. The predicted octanol–water partition coefficient (Wildman–Crippen LogP) is 1.55. The van der Waals surface area contributed by atoms with Gasteiger partial charge in [0.1, 0.15) is 0 Å². The summed E-state index contributed by atoms with van der Waals surface area (Å²) in [5.74, 6) is 0.602. The lowest BCUT2D eigenvalue weighted by molar-refractivity contribution is 0.165. The van der Waals surface area contributed by atoms with E-state index in [1.165, 1.54) is 12.0 Å². The number of ether oxygens (including phenoxy) is 1. The van der Waals surface area contributed by atoms with Gasteiger partial charge in [-0.3, -0.25) is 0 Å². The van der Waals surface area contributed by atoms with Crippen LogP contribution in [0.15, 0.2) is 30.3 Å². The fraction of sp³-hybridized carbons (Fsp3) is 0.500. The second-order valence-corrected chi connectivity index (χ2v) is 4.09. The normalized spacial score (nSPS) is 30.3. The minimum absolute atomic E-state index is 0.213. The van der Waals surface area contributed by atoms with Crippen LogP contribution in [0, 0.1) is 5.92 Å². The lowest BCUT2D eigenvalue weighted by Gasteiger charge is -2.16. The van der Waals surface area contributed by atoms with Gasteiger partial charge in [-0.05, 0) is 24.4 Å². The van der Waals surface area contributed by atoms with Gasteiger partial charge in [-0.25, -0.2) is 0 Å². The molecule has 1 fully saturated rings. The van der Waals surface area contributed by atoms with Gasteiger partial charge in [0.05, 0.1) is 6.61 Å². The quantitative estimate of drug-likeness (QED) is 0.783. The minimum atomic E-state index is 0.213. The lowest BCUT2D eigenvalue weighted by atomic mass is 9.94. The number of rotatable bonds is 4. The maximum Gasteiger partial charge on any atom is 0.0562 e. The standard InChI is InChI=1S/C12H17NO/c1-14-9-12(7-11(12)8-13)10-5-3-2-4-6-10/h2-6,11H,7-9,13H2,1H3. The molecule has 14 heavy (non-hydrogen) atoms. The maximum atomic E-state index is 5.72. The summed E-state index contributed by atoms with van der Waals surface area (Å²) in [4.78, 5) is 0. The summed E-state index contributed by atoms with van der Waals surface area (Å²) in [6.07, 6.45) is 1.17. The molecule has 2 heteroatoms. The molecule has 0 amide bonds. The average Bonchev–Trinajstić information content (AvgIpc) is 2.95. The molecule has 0 aromatic heterocycles. The molecule has 0 saturated heterocycles. The van der Waals surface area contributed by atoms with E-state index in [1.807, 2.05) is 6.07 Å². The Bertz CT molecular complexity index is 298. The average molecular weight is 191 g/mol. The van der Waals surface area contributed by atoms with Crippen LogP contribution in [0.4, 0.5) is 0 Å². The monoisotopic (exact) mass is 191 g/mol. The first kappa shape index (κ1) is 9.69. The summed E-state index contributed by atoms with van der Waals surface area (Å²) in [6, 6.07) is 10.6. The van der Waals surface area contributed by atoms with Crippen molar-refractivity contribution < 1.29 is 4.74 Å². The molecular formula is C12H17NO. The number of methoxy groups -OCH3 is 1. The van der Waals surface area contributed by atoms with Crippen LogP contribution in [0.25, 0.3) is 0 Å². The van der Waals surface area contributed by atoms with Crippen molar-refractivity contribution in [1.82, 2.24) is 0 Å². The fourth-order valence-electron chi connectivity index (χ4n) is 2.33. The molecule has 2 rings (SSSR count). The second kappa shape index (κ2) is 3.71. The van der Waals surface area contributed by atoms with E-state index < -0.39 is 0 Å². The van der Waals surface area contributed by atoms with Gasteiger partial charge >= 0.3 is 0 Å². The zero-order chi connectivity index (χ0) is 10.0. The van der Waals surface area contributed by atoms with Crippen molar-refractivity contribution in [3.05, 3.63) is 35.9 Å². The molecule has 0 heterocycles. The maximum absolute atomic E-state index is 5.72. The second-order valence-electron chi connectivity index (χ2n) is 4.09. The lowest BCUT2D eigenvalue weighted by Crippen LogP contribution is -2.20. The third kappa shape index (κ3) is 1.45. The van der Waals surface area contributed by atoms with E-state index in [-0.39, 0.29) is 5.41 Å². The summed E-state index contributed by atoms with van der Waals surface area (Å²) in [7, 11) is 1.76. The number of benzene rings is 1. The predicted molar refractivity (Wildman–Crippen MR) is 57.2 cm³/mol. The van der Waals surface area contributed by atoms with E-state index in [9.17, 15) is 0 Å². The van der Waals surface area contributed by atoms with Crippen LogP contribution in [0.2, 0.25) is 0 Å². The van der Waals surface area contributed by atoms with Crippen LogP contribution < -0.4 is 5.73 Å². The summed E-state index contributed by atoms with van der Waals surface area (Å²) in [6.45, 7) is 1.55. The Hall–Kier alpha value is -0.860. The van der Waals surface area contributed by atoms with E-state index in [0.29, 0.717) is 5.92 Å². The van der Waals surface area contributed by atoms with E-state index >= 15 is 0 Å². The molecule has 1 aromatic carbocycles. The van der Waals surface area contributed by atoms with Gasteiger partial charge in [-0.2, -0.15) is 0 Å². The van der Waals surface area contributed by atoms with Crippen molar-refractivity contribution in [3.63, 3.8) is 0 Å². The van der Waals surface area contributed by atoms with Gasteiger partial charge in [0.15, 0.2) is 0 Å². The highest BCUT2D eigenvalue weighted by atomic mass is 16.5. The Kier molecular flexibility index (Phi) is 2.57. The van der Waals surface area contributed by atoms with Crippen molar-refractivity contribution in [2.75, 3.05) is 20.3 Å².